The quantitative estimate of drug-likeness (QED) is 0.123. The fourth-order valence-electron chi connectivity index (χ4n) is 21.1. The molecular weight excluding hydrogens is 1800 g/mol. The van der Waals surface area contributed by atoms with Crippen LogP contribution in [0, 0.1) is 0 Å². The average Bonchev–Trinajstić information content (AvgIpc) is 1.52. The van der Waals surface area contributed by atoms with Gasteiger partial charge in [0, 0.05) is 88.4 Å². The van der Waals surface area contributed by atoms with Crippen LogP contribution < -0.4 is 0 Å². The van der Waals surface area contributed by atoms with E-state index in [9.17, 15) is 0 Å². The largest absolute Gasteiger partial charge is 0.309 e. The van der Waals surface area contributed by atoms with Crippen molar-refractivity contribution in [1.29, 1.82) is 0 Å². The van der Waals surface area contributed by atoms with Crippen molar-refractivity contribution < 1.29 is 0 Å². The summed E-state index contributed by atoms with van der Waals surface area (Å²) >= 11 is 13.0. The van der Waals surface area contributed by atoms with E-state index in [0.717, 1.165) is 13.4 Å². The topological polar surface area (TPSA) is 14.8 Å². The molecule has 20 aromatic carbocycles. The Morgan fingerprint density at radius 3 is 0.870 bits per heavy atom. The minimum atomic E-state index is -0.458. The van der Waals surface area contributed by atoms with Crippen LogP contribution in [0.5, 0.6) is 0 Å². The van der Waals surface area contributed by atoms with Gasteiger partial charge in [-0.25, -0.2) is 0 Å². The molecule has 4 aromatic heterocycles. The molecule has 131 heavy (non-hydrogen) atoms. The lowest BCUT2D eigenvalue weighted by Gasteiger charge is -2.34. The van der Waals surface area contributed by atoms with Gasteiger partial charge in [-0.05, 0) is 280 Å². The van der Waals surface area contributed by atoms with E-state index < -0.39 is 5.41 Å². The molecule has 0 saturated heterocycles. The lowest BCUT2D eigenvalue weighted by atomic mass is 9.67. The van der Waals surface area contributed by atoms with Gasteiger partial charge in [0.25, 0.3) is 0 Å². The number of hydrogen-bond donors (Lipinski definition) is 0. The minimum absolute atomic E-state index is 0.0437. The molecule has 0 atom stereocenters. The summed E-state index contributed by atoms with van der Waals surface area (Å²) in [5, 5.41) is 10.3. The number of fused-ring (bicyclic) bond motifs is 18. The first-order valence-corrected chi connectivity index (χ1v) is 47.8. The van der Waals surface area contributed by atoms with E-state index in [0.29, 0.717) is 0 Å². The van der Waals surface area contributed by atoms with E-state index in [1.165, 1.54) is 225 Å². The van der Waals surface area contributed by atoms with Gasteiger partial charge in [-0.15, -0.1) is 11.3 Å². The van der Waals surface area contributed by atoms with Gasteiger partial charge in [0.05, 0.1) is 38.5 Å². The maximum Gasteiger partial charge on any atom is 0.0714 e. The van der Waals surface area contributed by atoms with Gasteiger partial charge in [-0.3, -0.25) is 0 Å². The Hall–Kier alpha value is -14.5. The minimum Gasteiger partial charge on any atom is -0.309 e. The van der Waals surface area contributed by atoms with Gasteiger partial charge in [-0.2, -0.15) is 0 Å². The average molecular weight is 1890 g/mol. The number of para-hydroxylation sites is 6. The van der Waals surface area contributed by atoms with Crippen LogP contribution in [0.4, 0.5) is 0 Å². The molecule has 0 aliphatic heterocycles. The molecule has 3 nitrogen and oxygen atoms in total. The highest BCUT2D eigenvalue weighted by molar-refractivity contribution is 9.11. The molecule has 0 amide bonds. The molecule has 0 radical (unpaired) electrons. The fourth-order valence-corrected chi connectivity index (χ4v) is 23.3. The van der Waals surface area contributed by atoms with Gasteiger partial charge in [0.2, 0.25) is 0 Å². The molecule has 0 fully saturated rings. The molecule has 4 heterocycles. The number of nitrogens with zero attached hydrogens (tertiary/aromatic N) is 3. The predicted octanol–water partition coefficient (Wildman–Crippen LogP) is 35.7. The van der Waals surface area contributed by atoms with Crippen molar-refractivity contribution in [2.45, 2.75) is 24.7 Å². The van der Waals surface area contributed by atoms with Crippen molar-refractivity contribution in [2.24, 2.45) is 0 Å². The van der Waals surface area contributed by atoms with Gasteiger partial charge in [0.1, 0.15) is 0 Å². The molecule has 24 aromatic rings. The number of benzene rings is 20. The zero-order valence-electron chi connectivity index (χ0n) is 71.8. The number of thiophene rings is 1. The molecule has 26 rings (SSSR count). The van der Waals surface area contributed by atoms with E-state index in [1.807, 2.05) is 11.3 Å². The highest BCUT2D eigenvalue weighted by Crippen LogP contribution is 2.58. The van der Waals surface area contributed by atoms with Crippen LogP contribution in [0.3, 0.4) is 0 Å². The Kier molecular flexibility index (Phi) is 19.9. The second kappa shape index (κ2) is 32.6. The van der Waals surface area contributed by atoms with Gasteiger partial charge in [-0.1, -0.05) is 365 Å². The van der Waals surface area contributed by atoms with Crippen LogP contribution in [-0.4, -0.2) is 13.7 Å². The Bertz CT molecular complexity index is 8620. The Labute approximate surface area is 790 Å². The van der Waals surface area contributed by atoms with Crippen LogP contribution in [0.2, 0.25) is 0 Å². The van der Waals surface area contributed by atoms with Crippen LogP contribution in [0.1, 0.15) is 47.2 Å². The van der Waals surface area contributed by atoms with E-state index in [2.05, 4.69) is 536 Å². The second-order valence-corrected chi connectivity index (χ2v) is 38.8. The number of halogens is 3. The summed E-state index contributed by atoms with van der Waals surface area (Å²) in [5.74, 6) is 0. The molecule has 2 aliphatic rings. The van der Waals surface area contributed by atoms with Crippen molar-refractivity contribution in [3.8, 4) is 106 Å². The highest BCUT2D eigenvalue weighted by atomic mass is 79.9. The Morgan fingerprint density at radius 1 is 0.191 bits per heavy atom. The van der Waals surface area contributed by atoms with Gasteiger partial charge in [0.15, 0.2) is 0 Å². The molecule has 0 bridgehead atoms. The maximum absolute atomic E-state index is 3.83. The lowest BCUT2D eigenvalue weighted by molar-refractivity contribution is 0.660. The van der Waals surface area contributed by atoms with Crippen LogP contribution in [0.15, 0.2) is 474 Å². The molecule has 0 N–H and O–H groups in total. The smallest absolute Gasteiger partial charge is 0.0714 e. The van der Waals surface area contributed by atoms with Crippen molar-refractivity contribution in [1.82, 2.24) is 13.7 Å². The third kappa shape index (κ3) is 13.7. The number of hydrogen-bond acceptors (Lipinski definition) is 1. The van der Waals surface area contributed by atoms with E-state index in [4.69, 9.17) is 0 Å². The maximum atomic E-state index is 3.83. The summed E-state index contributed by atoms with van der Waals surface area (Å²) < 4.78 is 13.1. The summed E-state index contributed by atoms with van der Waals surface area (Å²) in [4.78, 5) is 0. The number of rotatable bonds is 11. The molecule has 0 unspecified atom stereocenters. The normalized spacial score (nSPS) is 12.7. The van der Waals surface area contributed by atoms with E-state index >= 15 is 0 Å². The number of aromatic nitrogens is 3. The standard InChI is InChI=1S/C49H32BrN.C39H28BrN.C36H22BrNS/c50-39-25-28-42-41-26-23-35(30-45(41)49(46(42)32-39,37-15-4-1-5-16-37)38-17-6-2-7-18-38)33-13-12-14-34(29-33)36-24-27-44-43-21-10-11-22-47(43)51(48(44)31-36)40-19-8-3-9-20-40;1-39(2)35-22-27(15-18-31(35)32-20-17-29(40)24-36(32)39)25-9-8-10-26(21-25)28-16-19-34-33-13-6-7-14-37(33)41(38(34)23-28)30-11-4-3-5-12-30;37-27-15-18-36-32(22-27)31-20-25(14-17-35(31)39-36)23-7-6-8-24(19-23)26-13-16-30-29-11-4-5-12-33(29)38(34(30)21-26)28-9-2-1-3-10-28/h1-32H;3-24H,1-2H3;1-22H. The van der Waals surface area contributed by atoms with Crippen LogP contribution in [-0.2, 0) is 10.8 Å². The van der Waals surface area contributed by atoms with Crippen LogP contribution >= 0.6 is 59.1 Å². The summed E-state index contributed by atoms with van der Waals surface area (Å²) in [6, 6.07) is 169. The molecule has 2 aliphatic carbocycles. The first-order valence-electron chi connectivity index (χ1n) is 44.6. The van der Waals surface area contributed by atoms with Crippen molar-refractivity contribution in [3.63, 3.8) is 0 Å². The van der Waals surface area contributed by atoms with Crippen molar-refractivity contribution in [2.75, 3.05) is 0 Å². The Balaban J connectivity index is 0.000000110. The first-order chi connectivity index (χ1) is 64.4. The molecule has 0 saturated carbocycles. The van der Waals surface area contributed by atoms with E-state index in [1.54, 1.807) is 0 Å². The molecule has 7 heteroatoms. The van der Waals surface area contributed by atoms with Crippen molar-refractivity contribution in [3.05, 3.63) is 508 Å². The SMILES string of the molecule is Brc1ccc2c(c1)C(c1ccccc1)(c1ccccc1)c1cc(-c3cccc(-c4ccc5c6ccccc6n(-c6ccccc6)c5c4)c3)ccc1-2.Brc1ccc2sc3ccc(-c4cccc(-c5ccc6c7ccccc7n(-c7ccccc7)c6c5)c4)cc3c2c1.CC1(C)c2cc(Br)ccc2-c2ccc(-c3cccc(-c4ccc5c6ccccc6n(-c6ccccc6)c5c4)c3)cc21. The third-order valence-corrected chi connectivity index (χ3v) is 29.9. The highest BCUT2D eigenvalue weighted by Gasteiger charge is 2.47. The summed E-state index contributed by atoms with van der Waals surface area (Å²) in [5.41, 5.74) is 38.2. The van der Waals surface area contributed by atoms with Gasteiger partial charge < -0.3 is 13.7 Å². The van der Waals surface area contributed by atoms with Crippen LogP contribution in [0.25, 0.3) is 192 Å². The third-order valence-electron chi connectivity index (χ3n) is 27.2. The summed E-state index contributed by atoms with van der Waals surface area (Å²) in [7, 11) is 0. The second-order valence-electron chi connectivity index (χ2n) is 35.0. The lowest BCUT2D eigenvalue weighted by Crippen LogP contribution is -2.28. The fraction of sp³-hybridized carbons (Fsp3) is 0.0323. The zero-order valence-corrected chi connectivity index (χ0v) is 77.3. The molecule has 0 spiro atoms. The monoisotopic (exact) mass is 1880 g/mol. The predicted molar refractivity (Wildman–Crippen MR) is 566 cm³/mol. The van der Waals surface area contributed by atoms with Crippen molar-refractivity contribution >= 4 is 145 Å². The van der Waals surface area contributed by atoms with E-state index in [-0.39, 0.29) is 5.41 Å². The van der Waals surface area contributed by atoms with Gasteiger partial charge >= 0.3 is 0 Å². The molecular formula is C124H82Br3N3S. The first kappa shape index (κ1) is 79.8. The Morgan fingerprint density at radius 2 is 0.458 bits per heavy atom. The molecule has 620 valence electrons. The summed E-state index contributed by atoms with van der Waals surface area (Å²) in [6.07, 6.45) is 0. The summed E-state index contributed by atoms with van der Waals surface area (Å²) in [6.45, 7) is 4.68. The zero-order chi connectivity index (χ0) is 87.6.